The van der Waals surface area contributed by atoms with Gasteiger partial charge in [-0.25, -0.2) is 0 Å². The predicted molar refractivity (Wildman–Crippen MR) is 112 cm³/mol. The third-order valence-electron chi connectivity index (χ3n) is 3.69. The molecule has 2 aromatic rings. The Morgan fingerprint density at radius 1 is 0.652 bits per heavy atom. The maximum atomic E-state index is 6.38. The topological polar surface area (TPSA) is 52.0 Å². The Labute approximate surface area is 155 Å². The molecule has 0 saturated carbocycles. The van der Waals surface area contributed by atoms with Gasteiger partial charge in [0.1, 0.15) is 0 Å². The van der Waals surface area contributed by atoms with Crippen molar-refractivity contribution in [3.8, 4) is 0 Å². The Morgan fingerprint density at radius 2 is 1.04 bits per heavy atom. The van der Waals surface area contributed by atoms with E-state index in [1.807, 2.05) is 0 Å². The van der Waals surface area contributed by atoms with Crippen molar-refractivity contribution >= 4 is 58.4 Å². The summed E-state index contributed by atoms with van der Waals surface area (Å²) in [5.41, 5.74) is 16.8. The van der Waals surface area contributed by atoms with E-state index in [1.165, 1.54) is 9.79 Å². The Morgan fingerprint density at radius 3 is 1.35 bits per heavy atom. The molecular formula is C17H22N2S4. The van der Waals surface area contributed by atoms with Crippen molar-refractivity contribution in [2.24, 2.45) is 0 Å². The van der Waals surface area contributed by atoms with Crippen LogP contribution >= 0.6 is 47.0 Å². The highest BCUT2D eigenvalue weighted by molar-refractivity contribution is 7.99. The molecule has 0 unspecified atom stereocenters. The van der Waals surface area contributed by atoms with Crippen LogP contribution in [0.15, 0.2) is 43.8 Å². The number of benzene rings is 2. The smallest absolute Gasteiger partial charge is 0.0488 e. The van der Waals surface area contributed by atoms with E-state index in [1.54, 1.807) is 47.0 Å². The molecule has 0 aliphatic rings. The standard InChI is InChI=1S/C17H22N2S4/c1-20-12-6-10(16(18)14(8-12)22-3)5-11-7-13(21-2)9-15(23-4)17(11)19/h6-9H,5,18-19H2,1-4H3. The first-order valence-electron chi connectivity index (χ1n) is 7.04. The molecule has 2 rings (SSSR count). The summed E-state index contributed by atoms with van der Waals surface area (Å²) >= 11 is 6.87. The fraction of sp³-hybridized carbons (Fsp3) is 0.294. The molecular weight excluding hydrogens is 360 g/mol. The minimum absolute atomic E-state index is 0.765. The van der Waals surface area contributed by atoms with Gasteiger partial charge < -0.3 is 11.5 Å². The van der Waals surface area contributed by atoms with Gasteiger partial charge >= 0.3 is 0 Å². The first kappa shape index (κ1) is 18.8. The number of rotatable bonds is 6. The van der Waals surface area contributed by atoms with Gasteiger partial charge in [-0.1, -0.05) is 0 Å². The largest absolute Gasteiger partial charge is 0.398 e. The van der Waals surface area contributed by atoms with Crippen molar-refractivity contribution in [1.29, 1.82) is 0 Å². The highest BCUT2D eigenvalue weighted by Gasteiger charge is 2.13. The van der Waals surface area contributed by atoms with Crippen molar-refractivity contribution in [3.05, 3.63) is 35.4 Å². The Kier molecular flexibility index (Phi) is 6.95. The van der Waals surface area contributed by atoms with Crippen LogP contribution < -0.4 is 11.5 Å². The lowest BCUT2D eigenvalue weighted by atomic mass is 10.0. The minimum atomic E-state index is 0.765. The van der Waals surface area contributed by atoms with Crippen LogP contribution in [0.25, 0.3) is 0 Å². The zero-order valence-electron chi connectivity index (χ0n) is 13.8. The molecule has 0 spiro atoms. The van der Waals surface area contributed by atoms with Crippen LogP contribution in [0.5, 0.6) is 0 Å². The van der Waals surface area contributed by atoms with Gasteiger partial charge in [-0.2, -0.15) is 0 Å². The lowest BCUT2D eigenvalue weighted by Crippen LogP contribution is -2.02. The van der Waals surface area contributed by atoms with Gasteiger partial charge in [-0.05, 0) is 60.4 Å². The van der Waals surface area contributed by atoms with Crippen LogP contribution in [0.2, 0.25) is 0 Å². The molecule has 0 heterocycles. The van der Waals surface area contributed by atoms with E-state index in [0.717, 1.165) is 38.7 Å². The van der Waals surface area contributed by atoms with Crippen LogP contribution in [-0.4, -0.2) is 25.0 Å². The van der Waals surface area contributed by atoms with Gasteiger partial charge in [0.15, 0.2) is 0 Å². The molecule has 0 radical (unpaired) electrons. The van der Waals surface area contributed by atoms with Gasteiger partial charge in [0.2, 0.25) is 0 Å². The number of anilines is 2. The van der Waals surface area contributed by atoms with Crippen LogP contribution in [0.3, 0.4) is 0 Å². The Balaban J connectivity index is 2.50. The molecule has 0 atom stereocenters. The number of nitrogen functional groups attached to an aromatic ring is 2. The predicted octanol–water partition coefficient (Wildman–Crippen LogP) is 5.33. The van der Waals surface area contributed by atoms with Crippen LogP contribution in [0, 0.1) is 0 Å². The number of nitrogens with two attached hydrogens (primary N) is 2. The van der Waals surface area contributed by atoms with Crippen molar-refractivity contribution in [2.75, 3.05) is 36.5 Å². The van der Waals surface area contributed by atoms with Gasteiger partial charge in [0.25, 0.3) is 0 Å². The molecule has 0 aliphatic heterocycles. The molecule has 0 amide bonds. The SMILES string of the molecule is CSc1cc(Cc2cc(SC)cc(SC)c2N)c(N)c(SC)c1. The van der Waals surface area contributed by atoms with Crippen molar-refractivity contribution in [3.63, 3.8) is 0 Å². The van der Waals surface area contributed by atoms with Crippen molar-refractivity contribution in [1.82, 2.24) is 0 Å². The van der Waals surface area contributed by atoms with Gasteiger partial charge in [0, 0.05) is 37.4 Å². The first-order valence-corrected chi connectivity index (χ1v) is 11.9. The zero-order valence-corrected chi connectivity index (χ0v) is 17.1. The van der Waals surface area contributed by atoms with E-state index in [0.29, 0.717) is 0 Å². The van der Waals surface area contributed by atoms with Crippen molar-refractivity contribution in [2.45, 2.75) is 26.0 Å². The molecule has 2 nitrogen and oxygen atoms in total. The average molecular weight is 383 g/mol. The third kappa shape index (κ3) is 4.29. The molecule has 4 N–H and O–H groups in total. The Hall–Kier alpha value is -0.560. The van der Waals surface area contributed by atoms with Gasteiger partial charge in [-0.15, -0.1) is 47.0 Å². The van der Waals surface area contributed by atoms with Crippen LogP contribution in [0.1, 0.15) is 11.1 Å². The minimum Gasteiger partial charge on any atom is -0.398 e. The summed E-state index contributed by atoms with van der Waals surface area (Å²) in [5, 5.41) is 0. The fourth-order valence-electron chi connectivity index (χ4n) is 2.38. The van der Waals surface area contributed by atoms with E-state index < -0.39 is 0 Å². The molecule has 124 valence electrons. The number of hydrogen-bond donors (Lipinski definition) is 2. The maximum Gasteiger partial charge on any atom is 0.0488 e. The van der Waals surface area contributed by atoms with E-state index in [4.69, 9.17) is 11.5 Å². The summed E-state index contributed by atoms with van der Waals surface area (Å²) in [5.74, 6) is 0. The molecule has 6 heteroatoms. The molecule has 0 fully saturated rings. The second-order valence-electron chi connectivity index (χ2n) is 4.98. The molecule has 0 aromatic heterocycles. The van der Waals surface area contributed by atoms with E-state index in [2.05, 4.69) is 49.3 Å². The van der Waals surface area contributed by atoms with Crippen molar-refractivity contribution < 1.29 is 0 Å². The highest BCUT2D eigenvalue weighted by Crippen LogP contribution is 2.36. The van der Waals surface area contributed by atoms with Gasteiger partial charge in [-0.3, -0.25) is 0 Å². The molecule has 0 aliphatic carbocycles. The summed E-state index contributed by atoms with van der Waals surface area (Å²) in [6, 6.07) is 8.68. The van der Waals surface area contributed by atoms with Crippen LogP contribution in [-0.2, 0) is 6.42 Å². The van der Waals surface area contributed by atoms with E-state index in [9.17, 15) is 0 Å². The van der Waals surface area contributed by atoms with Crippen LogP contribution in [0.4, 0.5) is 11.4 Å². The summed E-state index contributed by atoms with van der Waals surface area (Å²) in [6.45, 7) is 0. The molecule has 0 saturated heterocycles. The summed E-state index contributed by atoms with van der Waals surface area (Å²) in [7, 11) is 0. The van der Waals surface area contributed by atoms with E-state index >= 15 is 0 Å². The fourth-order valence-corrected chi connectivity index (χ4v) is 4.72. The molecule has 2 aromatic carbocycles. The van der Waals surface area contributed by atoms with E-state index in [-0.39, 0.29) is 0 Å². The lowest BCUT2D eigenvalue weighted by Gasteiger charge is -2.15. The number of thioether (sulfide) groups is 4. The molecule has 23 heavy (non-hydrogen) atoms. The first-order chi connectivity index (χ1) is 11.0. The highest BCUT2D eigenvalue weighted by atomic mass is 32.2. The zero-order chi connectivity index (χ0) is 17.0. The monoisotopic (exact) mass is 382 g/mol. The summed E-state index contributed by atoms with van der Waals surface area (Å²) in [4.78, 5) is 4.75. The normalized spacial score (nSPS) is 11.0. The number of hydrogen-bond acceptors (Lipinski definition) is 6. The second kappa shape index (κ2) is 8.51. The van der Waals surface area contributed by atoms with Gasteiger partial charge in [0.05, 0.1) is 0 Å². The third-order valence-corrected chi connectivity index (χ3v) is 6.66. The Bertz CT molecular complexity index is 642. The quantitative estimate of drug-likeness (QED) is 0.520. The average Bonchev–Trinajstić information content (AvgIpc) is 2.58. The maximum absolute atomic E-state index is 6.38. The second-order valence-corrected chi connectivity index (χ2v) is 8.44. The molecule has 0 bridgehead atoms. The summed E-state index contributed by atoms with van der Waals surface area (Å²) in [6.07, 6.45) is 9.08. The summed E-state index contributed by atoms with van der Waals surface area (Å²) < 4.78 is 0. The lowest BCUT2D eigenvalue weighted by molar-refractivity contribution is 1.12.